The molecule has 2 aromatic carbocycles. The lowest BCUT2D eigenvalue weighted by Gasteiger charge is -2.32. The first kappa shape index (κ1) is 13.9. The van der Waals surface area contributed by atoms with Crippen LogP contribution in [0.4, 0.5) is 0 Å². The van der Waals surface area contributed by atoms with Gasteiger partial charge in [0, 0.05) is 10.9 Å². The maximum Gasteiger partial charge on any atom is 0.0971 e. The molecule has 0 aliphatic heterocycles. The van der Waals surface area contributed by atoms with Crippen molar-refractivity contribution in [1.82, 2.24) is 0 Å². The normalized spacial score (nSPS) is 15.5. The van der Waals surface area contributed by atoms with E-state index < -0.39 is 5.60 Å². The molecular weight excluding hydrogens is 256 g/mol. The fourth-order valence-electron chi connectivity index (χ4n) is 2.32. The monoisotopic (exact) mass is 272 g/mol. The van der Waals surface area contributed by atoms with Crippen LogP contribution in [0.3, 0.4) is 0 Å². The average molecular weight is 273 g/mol. The van der Waals surface area contributed by atoms with Gasteiger partial charge in [0.2, 0.25) is 0 Å². The zero-order valence-corrected chi connectivity index (χ0v) is 11.6. The summed E-state index contributed by atoms with van der Waals surface area (Å²) in [6.45, 7) is 5.66. The number of hydrogen-bond acceptors (Lipinski definition) is 1. The highest BCUT2D eigenvalue weighted by atomic mass is 35.5. The second-order valence-corrected chi connectivity index (χ2v) is 5.21. The zero-order valence-electron chi connectivity index (χ0n) is 10.9. The molecule has 0 radical (unpaired) electrons. The smallest absolute Gasteiger partial charge is 0.0971 e. The van der Waals surface area contributed by atoms with Crippen molar-refractivity contribution in [2.75, 3.05) is 0 Å². The molecule has 2 heteroatoms. The number of halogens is 1. The number of aliphatic hydroxyl groups is 1. The molecular formula is C17H17ClO. The van der Waals surface area contributed by atoms with E-state index >= 15 is 0 Å². The first-order chi connectivity index (χ1) is 9.05. The van der Waals surface area contributed by atoms with Gasteiger partial charge in [0.25, 0.3) is 0 Å². The van der Waals surface area contributed by atoms with Gasteiger partial charge in [0.05, 0.1) is 5.60 Å². The van der Waals surface area contributed by atoms with Crippen LogP contribution < -0.4 is 0 Å². The van der Waals surface area contributed by atoms with Crippen molar-refractivity contribution in [2.45, 2.75) is 18.4 Å². The number of benzene rings is 2. The van der Waals surface area contributed by atoms with Crippen molar-refractivity contribution in [3.05, 3.63) is 83.4 Å². The van der Waals surface area contributed by atoms with E-state index in [1.165, 1.54) is 0 Å². The molecule has 0 saturated carbocycles. The highest BCUT2D eigenvalue weighted by molar-refractivity contribution is 6.30. The van der Waals surface area contributed by atoms with Crippen LogP contribution in [0.1, 0.15) is 24.0 Å². The van der Waals surface area contributed by atoms with E-state index in [2.05, 4.69) is 6.58 Å². The van der Waals surface area contributed by atoms with Crippen molar-refractivity contribution >= 4 is 11.6 Å². The summed E-state index contributed by atoms with van der Waals surface area (Å²) in [7, 11) is 0. The van der Waals surface area contributed by atoms with E-state index in [0.717, 1.165) is 11.1 Å². The predicted octanol–water partition coefficient (Wildman–Crippen LogP) is 4.52. The van der Waals surface area contributed by atoms with Crippen LogP contribution in [0.25, 0.3) is 0 Å². The molecule has 2 atom stereocenters. The molecule has 0 fully saturated rings. The summed E-state index contributed by atoms with van der Waals surface area (Å²) < 4.78 is 0. The largest absolute Gasteiger partial charge is 0.384 e. The molecule has 2 aromatic rings. The lowest BCUT2D eigenvalue weighted by molar-refractivity contribution is 0.0417. The predicted molar refractivity (Wildman–Crippen MR) is 80.4 cm³/mol. The van der Waals surface area contributed by atoms with Crippen LogP contribution >= 0.6 is 11.6 Å². The number of rotatable bonds is 4. The van der Waals surface area contributed by atoms with E-state index in [0.29, 0.717) is 5.02 Å². The van der Waals surface area contributed by atoms with Gasteiger partial charge < -0.3 is 5.11 Å². The van der Waals surface area contributed by atoms with Crippen molar-refractivity contribution in [1.29, 1.82) is 0 Å². The van der Waals surface area contributed by atoms with Gasteiger partial charge in [-0.05, 0) is 30.2 Å². The Morgan fingerprint density at radius 2 is 1.68 bits per heavy atom. The summed E-state index contributed by atoms with van der Waals surface area (Å²) in [4.78, 5) is 0. The third-order valence-corrected chi connectivity index (χ3v) is 3.68. The van der Waals surface area contributed by atoms with Gasteiger partial charge >= 0.3 is 0 Å². The Labute approximate surface area is 119 Å². The summed E-state index contributed by atoms with van der Waals surface area (Å²) >= 11 is 5.89. The Kier molecular flexibility index (Phi) is 4.08. The van der Waals surface area contributed by atoms with Crippen LogP contribution in [0.2, 0.25) is 5.02 Å². The molecule has 0 saturated heterocycles. The third-order valence-electron chi connectivity index (χ3n) is 3.43. The van der Waals surface area contributed by atoms with E-state index in [-0.39, 0.29) is 5.92 Å². The maximum atomic E-state index is 10.9. The molecule has 19 heavy (non-hydrogen) atoms. The van der Waals surface area contributed by atoms with Crippen molar-refractivity contribution in [3.8, 4) is 0 Å². The first-order valence-corrected chi connectivity index (χ1v) is 6.59. The molecule has 0 aliphatic rings. The number of hydrogen-bond donors (Lipinski definition) is 1. The minimum Gasteiger partial charge on any atom is -0.384 e. The summed E-state index contributed by atoms with van der Waals surface area (Å²) in [6, 6.07) is 17.2. The topological polar surface area (TPSA) is 20.2 Å². The fourth-order valence-corrected chi connectivity index (χ4v) is 2.44. The molecule has 1 nitrogen and oxygen atoms in total. The summed E-state index contributed by atoms with van der Waals surface area (Å²) in [6.07, 6.45) is 1.78. The molecule has 1 N–H and O–H groups in total. The molecule has 2 rings (SSSR count). The van der Waals surface area contributed by atoms with Crippen molar-refractivity contribution in [2.24, 2.45) is 0 Å². The molecule has 0 amide bonds. The minimum atomic E-state index is -1.02. The molecule has 0 aliphatic carbocycles. The molecule has 98 valence electrons. The highest BCUT2D eigenvalue weighted by Gasteiger charge is 2.32. The van der Waals surface area contributed by atoms with Crippen molar-refractivity contribution in [3.63, 3.8) is 0 Å². The SMILES string of the molecule is C=C[C@@H](c1ccccc1)[C@](C)(O)c1ccc(Cl)cc1. The standard InChI is InChI=1S/C17H17ClO/c1-3-16(13-7-5-4-6-8-13)17(2,19)14-9-11-15(18)12-10-14/h3-12,16,19H,1H2,2H3/t16-,17+/m0/s1. The van der Waals surface area contributed by atoms with E-state index in [1.54, 1.807) is 25.1 Å². The molecule has 0 heterocycles. The van der Waals surface area contributed by atoms with Gasteiger partial charge in [-0.25, -0.2) is 0 Å². The Morgan fingerprint density at radius 1 is 1.11 bits per heavy atom. The van der Waals surface area contributed by atoms with Gasteiger partial charge in [0.15, 0.2) is 0 Å². The van der Waals surface area contributed by atoms with Gasteiger partial charge in [-0.15, -0.1) is 6.58 Å². The second-order valence-electron chi connectivity index (χ2n) is 4.78. The summed E-state index contributed by atoms with van der Waals surface area (Å²) in [5, 5.41) is 11.5. The van der Waals surface area contributed by atoms with E-state index in [1.807, 2.05) is 42.5 Å². The van der Waals surface area contributed by atoms with Gasteiger partial charge in [-0.1, -0.05) is 60.1 Å². The maximum absolute atomic E-state index is 10.9. The average Bonchev–Trinajstić information content (AvgIpc) is 2.41. The highest BCUT2D eigenvalue weighted by Crippen LogP contribution is 2.37. The Bertz CT molecular complexity index is 543. The fraction of sp³-hybridized carbons (Fsp3) is 0.176. The van der Waals surface area contributed by atoms with Crippen molar-refractivity contribution < 1.29 is 5.11 Å². The minimum absolute atomic E-state index is 0.171. The third kappa shape index (κ3) is 2.89. The van der Waals surface area contributed by atoms with E-state index in [4.69, 9.17) is 11.6 Å². The molecule has 0 unspecified atom stereocenters. The summed E-state index contributed by atoms with van der Waals surface area (Å²) in [5.74, 6) is -0.171. The lowest BCUT2D eigenvalue weighted by Crippen LogP contribution is -2.28. The van der Waals surface area contributed by atoms with Crippen LogP contribution in [0, 0.1) is 0 Å². The molecule has 0 aromatic heterocycles. The van der Waals surface area contributed by atoms with Gasteiger partial charge in [0.1, 0.15) is 0 Å². The van der Waals surface area contributed by atoms with Crippen LogP contribution in [-0.2, 0) is 5.60 Å². The quantitative estimate of drug-likeness (QED) is 0.812. The van der Waals surface area contributed by atoms with Crippen LogP contribution in [0.15, 0.2) is 67.3 Å². The lowest BCUT2D eigenvalue weighted by atomic mass is 9.79. The van der Waals surface area contributed by atoms with Gasteiger partial charge in [-0.3, -0.25) is 0 Å². The van der Waals surface area contributed by atoms with Crippen LogP contribution in [0.5, 0.6) is 0 Å². The first-order valence-electron chi connectivity index (χ1n) is 6.21. The zero-order chi connectivity index (χ0) is 13.9. The van der Waals surface area contributed by atoms with Crippen LogP contribution in [-0.4, -0.2) is 5.11 Å². The summed E-state index contributed by atoms with van der Waals surface area (Å²) in [5.41, 5.74) is 0.844. The molecule has 0 bridgehead atoms. The molecule has 0 spiro atoms. The Morgan fingerprint density at radius 3 is 2.21 bits per heavy atom. The Balaban J connectivity index is 2.41. The van der Waals surface area contributed by atoms with E-state index in [9.17, 15) is 5.11 Å². The second kappa shape index (κ2) is 5.60. The van der Waals surface area contributed by atoms with Gasteiger partial charge in [-0.2, -0.15) is 0 Å². The Hall–Kier alpha value is -1.57.